The van der Waals surface area contributed by atoms with E-state index >= 15 is 0 Å². The van der Waals surface area contributed by atoms with Crippen molar-refractivity contribution in [1.29, 1.82) is 0 Å². The van der Waals surface area contributed by atoms with Crippen LogP contribution in [0, 0.1) is 0 Å². The molecule has 0 saturated carbocycles. The number of carbonyl (C=O) groups excluding carboxylic acids is 2. The van der Waals surface area contributed by atoms with Crippen LogP contribution < -0.4 is 5.73 Å². The van der Waals surface area contributed by atoms with Gasteiger partial charge in [0.2, 0.25) is 0 Å². The van der Waals surface area contributed by atoms with E-state index in [-0.39, 0.29) is 26.1 Å². The number of hydrogen-bond donors (Lipinski definition) is 1. The number of nitrogens with two attached hydrogens (primary N) is 1. The highest BCUT2D eigenvalue weighted by Gasteiger charge is 2.16. The number of ether oxygens (including phenoxy) is 2. The van der Waals surface area contributed by atoms with Gasteiger partial charge in [-0.1, -0.05) is 60.7 Å². The molecule has 0 spiro atoms. The zero-order valence-electron chi connectivity index (χ0n) is 13.4. The predicted molar refractivity (Wildman–Crippen MR) is 89.7 cm³/mol. The lowest BCUT2D eigenvalue weighted by atomic mass is 10.1. The first-order valence-corrected chi connectivity index (χ1v) is 7.78. The Morgan fingerprint density at radius 1 is 0.750 bits per heavy atom. The molecule has 126 valence electrons. The van der Waals surface area contributed by atoms with E-state index in [0.717, 1.165) is 11.1 Å². The van der Waals surface area contributed by atoms with Crippen molar-refractivity contribution in [3.8, 4) is 0 Å². The summed E-state index contributed by atoms with van der Waals surface area (Å²) < 4.78 is 10.3. The zero-order chi connectivity index (χ0) is 17.2. The summed E-state index contributed by atoms with van der Waals surface area (Å²) >= 11 is 0. The van der Waals surface area contributed by atoms with Gasteiger partial charge in [0.25, 0.3) is 0 Å². The van der Waals surface area contributed by atoms with Gasteiger partial charge in [0.05, 0.1) is 12.8 Å². The highest BCUT2D eigenvalue weighted by Crippen LogP contribution is 2.06. The fourth-order valence-corrected chi connectivity index (χ4v) is 2.09. The smallest absolute Gasteiger partial charge is 0.307 e. The summed E-state index contributed by atoms with van der Waals surface area (Å²) in [6.45, 7) is 0.399. The van der Waals surface area contributed by atoms with Crippen molar-refractivity contribution < 1.29 is 19.1 Å². The highest BCUT2D eigenvalue weighted by atomic mass is 16.5. The molecule has 2 aromatic carbocycles. The Hall–Kier alpha value is -2.66. The highest BCUT2D eigenvalue weighted by molar-refractivity contribution is 5.74. The lowest BCUT2D eigenvalue weighted by Crippen LogP contribution is -2.28. The van der Waals surface area contributed by atoms with Gasteiger partial charge in [-0.25, -0.2) is 0 Å². The fourth-order valence-electron chi connectivity index (χ4n) is 2.09. The van der Waals surface area contributed by atoms with E-state index in [2.05, 4.69) is 0 Å². The minimum absolute atomic E-state index is 0.0206. The first-order chi connectivity index (χ1) is 11.6. The fraction of sp³-hybridized carbons (Fsp3) is 0.263. The van der Waals surface area contributed by atoms with E-state index < -0.39 is 18.0 Å². The third kappa shape index (κ3) is 6.62. The molecule has 0 amide bonds. The lowest BCUT2D eigenvalue weighted by molar-refractivity contribution is -0.147. The minimum atomic E-state index is -0.614. The van der Waals surface area contributed by atoms with Gasteiger partial charge in [0.15, 0.2) is 0 Å². The van der Waals surface area contributed by atoms with Gasteiger partial charge in [0.1, 0.15) is 13.2 Å². The van der Waals surface area contributed by atoms with Crippen LogP contribution in [0.5, 0.6) is 0 Å². The Morgan fingerprint density at radius 2 is 1.12 bits per heavy atom. The molecule has 2 aromatic rings. The van der Waals surface area contributed by atoms with Crippen LogP contribution >= 0.6 is 0 Å². The predicted octanol–water partition coefficient (Wildman–Crippen LogP) is 2.58. The van der Waals surface area contributed by atoms with Crippen LogP contribution in [0.3, 0.4) is 0 Å². The van der Waals surface area contributed by atoms with E-state index in [1.807, 2.05) is 60.7 Å². The van der Waals surface area contributed by atoms with Crippen LogP contribution in [-0.4, -0.2) is 18.0 Å². The summed E-state index contributed by atoms with van der Waals surface area (Å²) in [5.41, 5.74) is 7.62. The second-order valence-corrected chi connectivity index (χ2v) is 5.46. The van der Waals surface area contributed by atoms with Gasteiger partial charge in [-0.15, -0.1) is 0 Å². The normalized spacial score (nSPS) is 10.4. The SMILES string of the molecule is NC(CC(=O)OCc1ccccc1)CC(=O)OCc1ccccc1. The Kier molecular flexibility index (Phi) is 6.98. The average Bonchev–Trinajstić information content (AvgIpc) is 2.60. The van der Waals surface area contributed by atoms with Crippen molar-refractivity contribution in [1.82, 2.24) is 0 Å². The molecular formula is C19H21NO4. The Morgan fingerprint density at radius 3 is 1.50 bits per heavy atom. The average molecular weight is 327 g/mol. The first kappa shape index (κ1) is 17.7. The van der Waals surface area contributed by atoms with Gasteiger partial charge >= 0.3 is 11.9 Å². The monoisotopic (exact) mass is 327 g/mol. The summed E-state index contributed by atoms with van der Waals surface area (Å²) in [6, 6.07) is 18.1. The number of esters is 2. The maximum Gasteiger partial charge on any atom is 0.307 e. The quantitative estimate of drug-likeness (QED) is 0.754. The number of hydrogen-bond acceptors (Lipinski definition) is 5. The van der Waals surface area contributed by atoms with E-state index in [1.165, 1.54) is 0 Å². The van der Waals surface area contributed by atoms with Crippen molar-refractivity contribution in [3.63, 3.8) is 0 Å². The second kappa shape index (κ2) is 9.47. The molecule has 0 saturated heterocycles. The maximum atomic E-state index is 11.7. The molecule has 0 aliphatic carbocycles. The van der Waals surface area contributed by atoms with Crippen LogP contribution in [0.25, 0.3) is 0 Å². The van der Waals surface area contributed by atoms with Crippen molar-refractivity contribution in [2.24, 2.45) is 5.73 Å². The molecule has 0 aliphatic heterocycles. The van der Waals surface area contributed by atoms with Crippen molar-refractivity contribution in [3.05, 3.63) is 71.8 Å². The number of benzene rings is 2. The topological polar surface area (TPSA) is 78.6 Å². The molecule has 0 aromatic heterocycles. The Balaban J connectivity index is 1.65. The van der Waals surface area contributed by atoms with E-state index in [4.69, 9.17) is 15.2 Å². The van der Waals surface area contributed by atoms with Crippen molar-refractivity contribution in [2.75, 3.05) is 0 Å². The zero-order valence-corrected chi connectivity index (χ0v) is 13.4. The molecule has 0 bridgehead atoms. The summed E-state index contributed by atoms with van der Waals surface area (Å²) in [6.07, 6.45) is -0.0411. The third-order valence-corrected chi connectivity index (χ3v) is 3.34. The molecule has 0 heterocycles. The largest absolute Gasteiger partial charge is 0.461 e. The van der Waals surface area contributed by atoms with Crippen LogP contribution in [0.2, 0.25) is 0 Å². The van der Waals surface area contributed by atoms with Gasteiger partial charge in [-0.3, -0.25) is 9.59 Å². The standard InChI is InChI=1S/C19H21NO4/c20-17(11-18(21)23-13-15-7-3-1-4-8-15)12-19(22)24-14-16-9-5-2-6-10-16/h1-10,17H,11-14,20H2. The molecule has 2 rings (SSSR count). The van der Waals surface area contributed by atoms with E-state index in [0.29, 0.717) is 0 Å². The van der Waals surface area contributed by atoms with Crippen LogP contribution in [-0.2, 0) is 32.3 Å². The molecule has 24 heavy (non-hydrogen) atoms. The summed E-state index contributed by atoms with van der Waals surface area (Å²) in [5.74, 6) is -0.857. The van der Waals surface area contributed by atoms with Gasteiger partial charge in [0, 0.05) is 6.04 Å². The van der Waals surface area contributed by atoms with Crippen LogP contribution in [0.15, 0.2) is 60.7 Å². The number of carbonyl (C=O) groups is 2. The molecule has 0 atom stereocenters. The molecule has 5 nitrogen and oxygen atoms in total. The minimum Gasteiger partial charge on any atom is -0.461 e. The van der Waals surface area contributed by atoms with E-state index in [1.54, 1.807) is 0 Å². The molecule has 5 heteroatoms. The van der Waals surface area contributed by atoms with Crippen molar-refractivity contribution in [2.45, 2.75) is 32.1 Å². The summed E-state index contributed by atoms with van der Waals surface area (Å²) in [5, 5.41) is 0. The molecule has 2 N–H and O–H groups in total. The van der Waals surface area contributed by atoms with Gasteiger partial charge in [-0.05, 0) is 11.1 Å². The summed E-state index contributed by atoms with van der Waals surface area (Å²) in [7, 11) is 0. The molecule has 0 aliphatic rings. The lowest BCUT2D eigenvalue weighted by Gasteiger charge is -2.11. The van der Waals surface area contributed by atoms with Crippen LogP contribution in [0.1, 0.15) is 24.0 Å². The maximum absolute atomic E-state index is 11.7. The van der Waals surface area contributed by atoms with E-state index in [9.17, 15) is 9.59 Å². The van der Waals surface area contributed by atoms with Crippen molar-refractivity contribution >= 4 is 11.9 Å². The Labute approximate surface area is 141 Å². The molecule has 0 unspecified atom stereocenters. The molecular weight excluding hydrogens is 306 g/mol. The van der Waals surface area contributed by atoms with Gasteiger partial charge in [-0.2, -0.15) is 0 Å². The number of rotatable bonds is 8. The molecule has 0 fully saturated rings. The molecule has 0 radical (unpaired) electrons. The first-order valence-electron chi connectivity index (χ1n) is 7.78. The Bertz CT molecular complexity index is 585. The van der Waals surface area contributed by atoms with Crippen LogP contribution in [0.4, 0.5) is 0 Å². The van der Waals surface area contributed by atoms with Gasteiger partial charge < -0.3 is 15.2 Å². The third-order valence-electron chi connectivity index (χ3n) is 3.34. The second-order valence-electron chi connectivity index (χ2n) is 5.46. The summed E-state index contributed by atoms with van der Waals surface area (Å²) in [4.78, 5) is 23.5.